The van der Waals surface area contributed by atoms with E-state index in [1.54, 1.807) is 11.3 Å². The molecule has 2 aromatic rings. The topological polar surface area (TPSA) is 56.6 Å². The van der Waals surface area contributed by atoms with Gasteiger partial charge in [-0.25, -0.2) is 4.98 Å². The van der Waals surface area contributed by atoms with Gasteiger partial charge in [0.05, 0.1) is 22.8 Å². The molecule has 1 fully saturated rings. The van der Waals surface area contributed by atoms with Gasteiger partial charge in [0.2, 0.25) is 0 Å². The number of benzene rings is 1. The standard InChI is InChI=1S/C16H18N2O2S/c19-12-8-18(9-12)11-6-4-10(5-7-11)16-17-13-2-1-3-14(20)15(13)21-16/h4-7,12,14,19-20H,1-3,8-9H2. The average Bonchev–Trinajstić information content (AvgIpc) is 2.90. The Morgan fingerprint density at radius 2 is 1.90 bits per heavy atom. The molecule has 4 nitrogen and oxygen atoms in total. The van der Waals surface area contributed by atoms with Crippen LogP contribution in [0.4, 0.5) is 5.69 Å². The van der Waals surface area contributed by atoms with Crippen molar-refractivity contribution in [1.82, 2.24) is 4.98 Å². The van der Waals surface area contributed by atoms with Gasteiger partial charge < -0.3 is 15.1 Å². The van der Waals surface area contributed by atoms with Crippen molar-refractivity contribution in [2.75, 3.05) is 18.0 Å². The summed E-state index contributed by atoms with van der Waals surface area (Å²) in [5, 5.41) is 20.4. The van der Waals surface area contributed by atoms with Crippen LogP contribution in [0.1, 0.15) is 29.5 Å². The van der Waals surface area contributed by atoms with E-state index in [9.17, 15) is 10.2 Å². The first-order valence-corrected chi connectivity index (χ1v) is 8.23. The minimum atomic E-state index is -0.332. The highest BCUT2D eigenvalue weighted by Gasteiger charge is 2.25. The maximum absolute atomic E-state index is 10.0. The van der Waals surface area contributed by atoms with Crippen LogP contribution in [0, 0.1) is 0 Å². The predicted octanol–water partition coefficient (Wildman–Crippen LogP) is 2.36. The number of aliphatic hydroxyl groups excluding tert-OH is 2. The van der Waals surface area contributed by atoms with Crippen molar-refractivity contribution in [2.45, 2.75) is 31.5 Å². The van der Waals surface area contributed by atoms with E-state index in [0.717, 1.165) is 59.2 Å². The van der Waals surface area contributed by atoms with Crippen LogP contribution in [0.5, 0.6) is 0 Å². The highest BCUT2D eigenvalue weighted by atomic mass is 32.1. The molecule has 1 saturated heterocycles. The number of aliphatic hydroxyl groups is 2. The second-order valence-electron chi connectivity index (χ2n) is 5.84. The van der Waals surface area contributed by atoms with Gasteiger partial charge >= 0.3 is 0 Å². The van der Waals surface area contributed by atoms with Gasteiger partial charge in [0, 0.05) is 24.3 Å². The Balaban J connectivity index is 1.59. The molecule has 2 heterocycles. The van der Waals surface area contributed by atoms with Crippen molar-refractivity contribution < 1.29 is 10.2 Å². The zero-order valence-corrected chi connectivity index (χ0v) is 12.5. The maximum atomic E-state index is 10.0. The second-order valence-corrected chi connectivity index (χ2v) is 6.87. The van der Waals surface area contributed by atoms with E-state index < -0.39 is 0 Å². The van der Waals surface area contributed by atoms with Crippen LogP contribution in [0.25, 0.3) is 10.6 Å². The van der Waals surface area contributed by atoms with Crippen LogP contribution in [0.3, 0.4) is 0 Å². The first-order chi connectivity index (χ1) is 10.2. The number of thiazole rings is 1. The van der Waals surface area contributed by atoms with Gasteiger partial charge in [0.25, 0.3) is 0 Å². The first-order valence-electron chi connectivity index (χ1n) is 7.42. The molecule has 0 spiro atoms. The highest BCUT2D eigenvalue weighted by molar-refractivity contribution is 7.15. The van der Waals surface area contributed by atoms with Crippen molar-refractivity contribution in [3.8, 4) is 10.6 Å². The fourth-order valence-electron chi connectivity index (χ4n) is 3.00. The largest absolute Gasteiger partial charge is 0.389 e. The van der Waals surface area contributed by atoms with E-state index in [2.05, 4.69) is 29.2 Å². The number of aromatic nitrogens is 1. The van der Waals surface area contributed by atoms with Gasteiger partial charge in [-0.2, -0.15) is 0 Å². The number of aryl methyl sites for hydroxylation is 1. The van der Waals surface area contributed by atoms with Gasteiger partial charge in [0.15, 0.2) is 0 Å². The summed E-state index contributed by atoms with van der Waals surface area (Å²) in [6.07, 6.45) is 2.34. The molecule has 1 unspecified atom stereocenters. The molecule has 0 amide bonds. The van der Waals surface area contributed by atoms with Gasteiger partial charge in [-0.3, -0.25) is 0 Å². The molecule has 21 heavy (non-hydrogen) atoms. The first kappa shape index (κ1) is 13.2. The molecule has 4 rings (SSSR count). The van der Waals surface area contributed by atoms with E-state index in [4.69, 9.17) is 4.98 Å². The van der Waals surface area contributed by atoms with Crippen LogP contribution in [-0.4, -0.2) is 34.4 Å². The van der Waals surface area contributed by atoms with Gasteiger partial charge in [0.1, 0.15) is 5.01 Å². The van der Waals surface area contributed by atoms with Crippen LogP contribution in [0.2, 0.25) is 0 Å². The molecule has 5 heteroatoms. The number of hydrogen-bond acceptors (Lipinski definition) is 5. The molecule has 2 aliphatic rings. The molecule has 1 aromatic carbocycles. The molecule has 110 valence electrons. The molecule has 0 bridgehead atoms. The molecule has 1 aliphatic heterocycles. The predicted molar refractivity (Wildman–Crippen MR) is 83.7 cm³/mol. The fourth-order valence-corrected chi connectivity index (χ4v) is 4.14. The van der Waals surface area contributed by atoms with Crippen molar-refractivity contribution in [2.24, 2.45) is 0 Å². The van der Waals surface area contributed by atoms with Gasteiger partial charge in [-0.15, -0.1) is 11.3 Å². The molecule has 1 aliphatic carbocycles. The van der Waals surface area contributed by atoms with E-state index >= 15 is 0 Å². The molecule has 0 radical (unpaired) electrons. The van der Waals surface area contributed by atoms with Crippen LogP contribution in [-0.2, 0) is 6.42 Å². The summed E-state index contributed by atoms with van der Waals surface area (Å²) >= 11 is 1.62. The number of nitrogens with zero attached hydrogens (tertiary/aromatic N) is 2. The lowest BCUT2D eigenvalue weighted by Gasteiger charge is -2.37. The number of fused-ring (bicyclic) bond motifs is 1. The van der Waals surface area contributed by atoms with Crippen LogP contribution in [0.15, 0.2) is 24.3 Å². The molecule has 1 aromatic heterocycles. The molecule has 1 atom stereocenters. The second kappa shape index (κ2) is 5.09. The number of hydrogen-bond donors (Lipinski definition) is 2. The fraction of sp³-hybridized carbons (Fsp3) is 0.438. The summed E-state index contributed by atoms with van der Waals surface area (Å²) in [6.45, 7) is 1.44. The average molecular weight is 302 g/mol. The number of rotatable bonds is 2. The van der Waals surface area contributed by atoms with E-state index in [-0.39, 0.29) is 12.2 Å². The smallest absolute Gasteiger partial charge is 0.123 e. The molecule has 2 N–H and O–H groups in total. The SMILES string of the molecule is OC1CN(c2ccc(-c3nc4c(s3)C(O)CCC4)cc2)C1. The zero-order chi connectivity index (χ0) is 14.4. The Hall–Kier alpha value is -1.43. The third-order valence-electron chi connectivity index (χ3n) is 4.26. The van der Waals surface area contributed by atoms with Gasteiger partial charge in [-0.05, 0) is 43.5 Å². The minimum absolute atomic E-state index is 0.183. The lowest BCUT2D eigenvalue weighted by molar-refractivity contribution is 0.142. The van der Waals surface area contributed by atoms with E-state index in [1.165, 1.54) is 0 Å². The Labute approximate surface area is 127 Å². The summed E-state index contributed by atoms with van der Waals surface area (Å²) in [5.74, 6) is 0. The third kappa shape index (κ3) is 2.35. The Kier molecular flexibility index (Phi) is 3.21. The van der Waals surface area contributed by atoms with Crippen molar-refractivity contribution in [3.05, 3.63) is 34.8 Å². The van der Waals surface area contributed by atoms with Crippen molar-refractivity contribution in [3.63, 3.8) is 0 Å². The maximum Gasteiger partial charge on any atom is 0.123 e. The Morgan fingerprint density at radius 3 is 2.57 bits per heavy atom. The van der Waals surface area contributed by atoms with Crippen LogP contribution < -0.4 is 4.90 Å². The van der Waals surface area contributed by atoms with Crippen molar-refractivity contribution >= 4 is 17.0 Å². The highest BCUT2D eigenvalue weighted by Crippen LogP contribution is 2.38. The number of anilines is 1. The van der Waals surface area contributed by atoms with E-state index in [0.29, 0.717) is 0 Å². The summed E-state index contributed by atoms with van der Waals surface area (Å²) in [7, 11) is 0. The lowest BCUT2D eigenvalue weighted by Crippen LogP contribution is -2.50. The summed E-state index contributed by atoms with van der Waals surface area (Å²) < 4.78 is 0. The van der Waals surface area contributed by atoms with Gasteiger partial charge in [-0.1, -0.05) is 0 Å². The molecular weight excluding hydrogens is 284 g/mol. The Bertz CT molecular complexity index is 647. The lowest BCUT2D eigenvalue weighted by atomic mass is 10.0. The molecular formula is C16H18N2O2S. The zero-order valence-electron chi connectivity index (χ0n) is 11.7. The van der Waals surface area contributed by atoms with E-state index in [1.807, 2.05) is 0 Å². The monoisotopic (exact) mass is 302 g/mol. The summed E-state index contributed by atoms with van der Waals surface area (Å²) in [4.78, 5) is 7.90. The molecule has 0 saturated carbocycles. The number of β-amino-alcohol motifs (C(OH)–C–C–N with tert-alkyl or cyclic N) is 1. The quantitative estimate of drug-likeness (QED) is 0.894. The third-order valence-corrected chi connectivity index (χ3v) is 5.51. The summed E-state index contributed by atoms with van der Waals surface area (Å²) in [5.41, 5.74) is 3.32. The van der Waals surface area contributed by atoms with Crippen LogP contribution >= 0.6 is 11.3 Å². The van der Waals surface area contributed by atoms with Crippen molar-refractivity contribution in [1.29, 1.82) is 0 Å². The Morgan fingerprint density at radius 1 is 1.14 bits per heavy atom. The summed E-state index contributed by atoms with van der Waals surface area (Å²) in [6, 6.07) is 8.32. The normalized spacial score (nSPS) is 22.0. The minimum Gasteiger partial charge on any atom is -0.389 e.